The van der Waals surface area contributed by atoms with Gasteiger partial charge < -0.3 is 4.74 Å². The molecule has 86 valence electrons. The highest BCUT2D eigenvalue weighted by molar-refractivity contribution is 5.39. The molecule has 16 heavy (non-hydrogen) atoms. The highest BCUT2D eigenvalue weighted by Crippen LogP contribution is 2.48. The first-order chi connectivity index (χ1) is 7.50. The minimum absolute atomic E-state index is 0.213. The Morgan fingerprint density at radius 2 is 2.38 bits per heavy atom. The van der Waals surface area contributed by atoms with Crippen LogP contribution in [0.3, 0.4) is 0 Å². The summed E-state index contributed by atoms with van der Waals surface area (Å²) < 4.78 is 30.0. The summed E-state index contributed by atoms with van der Waals surface area (Å²) in [6.45, 7) is -0.245. The molecule has 0 aromatic carbocycles. The molecule has 1 atom stereocenters. The first-order valence-electron chi connectivity index (χ1n) is 4.61. The molecule has 0 amide bonds. The van der Waals surface area contributed by atoms with E-state index in [0.29, 0.717) is 0 Å². The van der Waals surface area contributed by atoms with Crippen molar-refractivity contribution in [2.75, 3.05) is 6.61 Å². The molecule has 0 saturated heterocycles. The van der Waals surface area contributed by atoms with Crippen LogP contribution in [0.25, 0.3) is 0 Å². The van der Waals surface area contributed by atoms with Crippen molar-refractivity contribution in [1.82, 2.24) is 4.98 Å². The summed E-state index contributed by atoms with van der Waals surface area (Å²) in [5.41, 5.74) is -0.313. The number of nitro groups is 1. The smallest absolute Gasteiger partial charge is 0.330 e. The van der Waals surface area contributed by atoms with Crippen molar-refractivity contribution in [3.63, 3.8) is 0 Å². The second-order valence-electron chi connectivity index (χ2n) is 3.56. The monoisotopic (exact) mass is 230 g/mol. The van der Waals surface area contributed by atoms with Crippen molar-refractivity contribution in [2.45, 2.75) is 12.3 Å². The number of aromatic nitrogens is 1. The fourth-order valence-electron chi connectivity index (χ4n) is 1.26. The van der Waals surface area contributed by atoms with E-state index in [-0.39, 0.29) is 24.6 Å². The highest BCUT2D eigenvalue weighted by Gasteiger charge is 2.57. The standard InChI is InChI=1S/C9H8F2N2O3/c10-9(11)4-6(9)5-16-8-7(13(14)15)2-1-3-12-8/h1-3,6H,4-5H2. The van der Waals surface area contributed by atoms with Crippen LogP contribution in [0.15, 0.2) is 18.3 Å². The molecule has 0 bridgehead atoms. The second-order valence-corrected chi connectivity index (χ2v) is 3.56. The lowest BCUT2D eigenvalue weighted by Crippen LogP contribution is -2.07. The molecule has 1 aliphatic rings. The van der Waals surface area contributed by atoms with Crippen molar-refractivity contribution in [2.24, 2.45) is 5.92 Å². The van der Waals surface area contributed by atoms with E-state index in [9.17, 15) is 18.9 Å². The topological polar surface area (TPSA) is 65.3 Å². The van der Waals surface area contributed by atoms with E-state index in [1.165, 1.54) is 18.3 Å². The van der Waals surface area contributed by atoms with Gasteiger partial charge in [-0.05, 0) is 6.07 Å². The molecule has 1 fully saturated rings. The van der Waals surface area contributed by atoms with Crippen LogP contribution < -0.4 is 4.74 Å². The van der Waals surface area contributed by atoms with E-state index >= 15 is 0 Å². The lowest BCUT2D eigenvalue weighted by molar-refractivity contribution is -0.386. The zero-order chi connectivity index (χ0) is 11.8. The molecule has 0 aliphatic heterocycles. The maximum Gasteiger partial charge on any atom is 0.330 e. The van der Waals surface area contributed by atoms with Crippen LogP contribution in [0.1, 0.15) is 6.42 Å². The number of rotatable bonds is 4. The van der Waals surface area contributed by atoms with Gasteiger partial charge in [0.15, 0.2) is 0 Å². The molecule has 1 heterocycles. The van der Waals surface area contributed by atoms with E-state index in [1.807, 2.05) is 0 Å². The van der Waals surface area contributed by atoms with Gasteiger partial charge in [0.1, 0.15) is 0 Å². The van der Waals surface area contributed by atoms with Gasteiger partial charge in [0, 0.05) is 18.7 Å². The number of halogens is 2. The normalized spacial score (nSPS) is 21.5. The van der Waals surface area contributed by atoms with Gasteiger partial charge in [-0.3, -0.25) is 10.1 Å². The summed E-state index contributed by atoms with van der Waals surface area (Å²) in [7, 11) is 0. The summed E-state index contributed by atoms with van der Waals surface area (Å²) in [6.07, 6.45) is 1.08. The predicted octanol–water partition coefficient (Wildman–Crippen LogP) is 2.02. The van der Waals surface area contributed by atoms with Crippen LogP contribution in [-0.4, -0.2) is 22.4 Å². The second kappa shape index (κ2) is 3.66. The summed E-state index contributed by atoms with van der Waals surface area (Å²) in [5.74, 6) is -3.76. The van der Waals surface area contributed by atoms with Gasteiger partial charge in [-0.15, -0.1) is 0 Å². The van der Waals surface area contributed by atoms with Crippen LogP contribution >= 0.6 is 0 Å². The fourth-order valence-corrected chi connectivity index (χ4v) is 1.26. The maximum absolute atomic E-state index is 12.5. The molecule has 5 nitrogen and oxygen atoms in total. The molecule has 1 aromatic rings. The van der Waals surface area contributed by atoms with Crippen molar-refractivity contribution in [3.8, 4) is 5.88 Å². The summed E-state index contributed by atoms with van der Waals surface area (Å²) in [4.78, 5) is 13.5. The zero-order valence-corrected chi connectivity index (χ0v) is 8.10. The van der Waals surface area contributed by atoms with Crippen molar-refractivity contribution >= 4 is 5.69 Å². The van der Waals surface area contributed by atoms with E-state index < -0.39 is 16.8 Å². The minimum Gasteiger partial charge on any atom is -0.472 e. The lowest BCUT2D eigenvalue weighted by Gasteiger charge is -2.04. The third-order valence-corrected chi connectivity index (χ3v) is 2.32. The van der Waals surface area contributed by atoms with Crippen LogP contribution in [-0.2, 0) is 0 Å². The zero-order valence-electron chi connectivity index (χ0n) is 8.10. The van der Waals surface area contributed by atoms with Gasteiger partial charge >= 0.3 is 5.69 Å². The van der Waals surface area contributed by atoms with Gasteiger partial charge in [0.2, 0.25) is 0 Å². The number of pyridine rings is 1. The Balaban J connectivity index is 2.02. The Bertz CT molecular complexity index is 425. The Morgan fingerprint density at radius 3 is 2.94 bits per heavy atom. The van der Waals surface area contributed by atoms with E-state index in [1.54, 1.807) is 0 Å². The molecular formula is C9H8F2N2O3. The van der Waals surface area contributed by atoms with E-state index in [0.717, 1.165) is 0 Å². The average Bonchev–Trinajstić information content (AvgIpc) is 2.84. The third kappa shape index (κ3) is 2.07. The minimum atomic E-state index is -2.69. The molecule has 0 spiro atoms. The summed E-state index contributed by atoms with van der Waals surface area (Å²) in [5, 5.41) is 10.5. The Kier molecular flexibility index (Phi) is 2.45. The summed E-state index contributed by atoms with van der Waals surface area (Å²) >= 11 is 0. The van der Waals surface area contributed by atoms with Gasteiger partial charge in [-0.25, -0.2) is 13.8 Å². The van der Waals surface area contributed by atoms with Crippen LogP contribution in [0.4, 0.5) is 14.5 Å². The maximum atomic E-state index is 12.5. The van der Waals surface area contributed by atoms with Crippen LogP contribution in [0.5, 0.6) is 5.88 Å². The number of alkyl halides is 2. The van der Waals surface area contributed by atoms with Gasteiger partial charge in [0.05, 0.1) is 17.4 Å². The first-order valence-corrected chi connectivity index (χ1v) is 4.61. The van der Waals surface area contributed by atoms with Crippen molar-refractivity contribution < 1.29 is 18.4 Å². The Hall–Kier alpha value is -1.79. The van der Waals surface area contributed by atoms with Gasteiger partial charge in [-0.2, -0.15) is 0 Å². The molecule has 2 rings (SSSR count). The van der Waals surface area contributed by atoms with E-state index in [2.05, 4.69) is 4.98 Å². The van der Waals surface area contributed by atoms with Crippen LogP contribution in [0.2, 0.25) is 0 Å². The molecule has 1 unspecified atom stereocenters. The molecule has 0 N–H and O–H groups in total. The third-order valence-electron chi connectivity index (χ3n) is 2.32. The number of hydrogen-bond donors (Lipinski definition) is 0. The molecule has 1 saturated carbocycles. The SMILES string of the molecule is O=[N+]([O-])c1cccnc1OCC1CC1(F)F. The average molecular weight is 230 g/mol. The number of ether oxygens (including phenoxy) is 1. The molecular weight excluding hydrogens is 222 g/mol. The highest BCUT2D eigenvalue weighted by atomic mass is 19.3. The largest absolute Gasteiger partial charge is 0.472 e. The lowest BCUT2D eigenvalue weighted by atomic mass is 10.4. The quantitative estimate of drug-likeness (QED) is 0.586. The predicted molar refractivity (Wildman–Crippen MR) is 49.4 cm³/mol. The molecule has 1 aliphatic carbocycles. The number of hydrogen-bond acceptors (Lipinski definition) is 4. The van der Waals surface area contributed by atoms with Gasteiger partial charge in [-0.1, -0.05) is 0 Å². The van der Waals surface area contributed by atoms with Crippen molar-refractivity contribution in [1.29, 1.82) is 0 Å². The number of nitrogens with zero attached hydrogens (tertiary/aromatic N) is 2. The van der Waals surface area contributed by atoms with Gasteiger partial charge in [0.25, 0.3) is 11.8 Å². The van der Waals surface area contributed by atoms with E-state index in [4.69, 9.17) is 4.74 Å². The molecule has 0 radical (unpaired) electrons. The van der Waals surface area contributed by atoms with Crippen LogP contribution in [0, 0.1) is 16.0 Å². The molecule has 1 aromatic heterocycles. The first kappa shape index (κ1) is 10.7. The van der Waals surface area contributed by atoms with Crippen molar-refractivity contribution in [3.05, 3.63) is 28.4 Å². The Labute approximate surface area is 89.2 Å². The summed E-state index contributed by atoms with van der Waals surface area (Å²) in [6, 6.07) is 2.60. The fraction of sp³-hybridized carbons (Fsp3) is 0.444. The molecule has 7 heteroatoms. The Morgan fingerprint density at radius 1 is 1.69 bits per heavy atom.